The Morgan fingerprint density at radius 3 is 2.34 bits per heavy atom. The summed E-state index contributed by atoms with van der Waals surface area (Å²) in [4.78, 5) is 96.2. The predicted molar refractivity (Wildman–Crippen MR) is 222 cm³/mol. The molecule has 14 heteroatoms. The summed E-state index contributed by atoms with van der Waals surface area (Å²) in [6.45, 7) is 0.384. The normalized spacial score (nSPS) is 15.0. The number of ketones is 1. The number of pyridine rings is 1. The number of benzene rings is 4. The molecule has 3 heterocycles. The number of rotatable bonds is 15. The number of nitrogens with zero attached hydrogens (tertiary/aromatic N) is 3. The number of para-hydroxylation sites is 1. The van der Waals surface area contributed by atoms with Crippen LogP contribution in [0.5, 0.6) is 0 Å². The Balaban J connectivity index is 0.879. The Hall–Kier alpha value is -7.22. The lowest BCUT2D eigenvalue weighted by atomic mass is 9.99. The number of hydrogen-bond donors (Lipinski definition) is 4. The number of carbonyl (C=O) groups excluding carboxylic acids is 7. The van der Waals surface area contributed by atoms with E-state index < -0.39 is 23.8 Å². The van der Waals surface area contributed by atoms with E-state index in [9.17, 15) is 33.6 Å². The topological polar surface area (TPSA) is 187 Å². The number of Topliss-reactive ketones (excluding diaryl/α,β-unsaturated/α-hetero) is 1. The van der Waals surface area contributed by atoms with Crippen LogP contribution in [0.1, 0.15) is 80.0 Å². The smallest absolute Gasteiger partial charge is 0.264 e. The fourth-order valence-corrected chi connectivity index (χ4v) is 7.37. The van der Waals surface area contributed by atoms with Crippen molar-refractivity contribution in [2.45, 2.75) is 44.6 Å². The number of piperidine rings is 1. The summed E-state index contributed by atoms with van der Waals surface area (Å²) in [5, 5.41) is 12.8. The second-order valence-corrected chi connectivity index (χ2v) is 14.4. The van der Waals surface area contributed by atoms with E-state index in [0.717, 1.165) is 37.5 Å². The maximum Gasteiger partial charge on any atom is 0.264 e. The van der Waals surface area contributed by atoms with Crippen molar-refractivity contribution in [1.82, 2.24) is 25.4 Å². The second kappa shape index (κ2) is 17.5. The van der Waals surface area contributed by atoms with Crippen LogP contribution < -0.4 is 21.3 Å². The summed E-state index contributed by atoms with van der Waals surface area (Å²) in [6.07, 6.45) is 3.95. The number of carbonyl (C=O) groups is 7. The highest BCUT2D eigenvalue weighted by atomic mass is 16.2. The Morgan fingerprint density at radius 2 is 1.58 bits per heavy atom. The molecule has 1 fully saturated rings. The third-order valence-corrected chi connectivity index (χ3v) is 10.6. The first-order valence-corrected chi connectivity index (χ1v) is 19.5. The number of anilines is 3. The molecule has 2 aliphatic rings. The Labute approximate surface area is 340 Å². The minimum Gasteiger partial charge on any atom is -0.377 e. The van der Waals surface area contributed by atoms with Crippen molar-refractivity contribution in [3.05, 3.63) is 119 Å². The lowest BCUT2D eigenvalue weighted by molar-refractivity contribution is -0.149. The Kier molecular flexibility index (Phi) is 11.9. The molecule has 4 aromatic carbocycles. The average Bonchev–Trinajstić information content (AvgIpc) is 3.52. The molecule has 0 spiro atoms. The first-order chi connectivity index (χ1) is 28.5. The van der Waals surface area contributed by atoms with Gasteiger partial charge in [0.2, 0.25) is 5.91 Å². The first-order valence-electron chi connectivity index (χ1n) is 19.5. The molecule has 300 valence electrons. The Bertz CT molecular complexity index is 2490. The number of nitrogens with one attached hydrogen (secondary N) is 4. The van der Waals surface area contributed by atoms with Gasteiger partial charge in [-0.05, 0) is 78.9 Å². The van der Waals surface area contributed by atoms with Crippen molar-refractivity contribution in [1.29, 1.82) is 0 Å². The van der Waals surface area contributed by atoms with Gasteiger partial charge in [-0.1, -0.05) is 48.9 Å². The SMILES string of the molecule is CNC(=O)c1cnc2ccc(-c3ccc(C(=O)NCCCCCC(=O)CNc4cccc5c4C(=O)N(C4CCC(=O)N(C)C4=O)C5=O)cc3)cc2c1Nc1ccccc1. The monoisotopic (exact) mass is 793 g/mol. The maximum atomic E-state index is 13.4. The van der Waals surface area contributed by atoms with E-state index in [1.165, 1.54) is 13.1 Å². The molecule has 0 saturated carbocycles. The van der Waals surface area contributed by atoms with Gasteiger partial charge in [0.05, 0.1) is 34.4 Å². The summed E-state index contributed by atoms with van der Waals surface area (Å²) in [5.41, 5.74) is 5.48. The maximum absolute atomic E-state index is 13.4. The number of likely N-dealkylation sites (tertiary alicyclic amines) is 1. The van der Waals surface area contributed by atoms with E-state index in [4.69, 9.17) is 0 Å². The minimum atomic E-state index is -1.06. The number of imide groups is 2. The van der Waals surface area contributed by atoms with Crippen molar-refractivity contribution in [2.75, 3.05) is 37.8 Å². The fourth-order valence-electron chi connectivity index (χ4n) is 7.37. The molecule has 6 amide bonds. The number of likely N-dealkylation sites (N-methyl/N-ethyl adjacent to an activating group) is 1. The van der Waals surface area contributed by atoms with Gasteiger partial charge in [0.1, 0.15) is 6.04 Å². The standard InChI is InChI=1S/C45H43N7O7/c1-46-42(56)34-26-49-35-20-19-29(24-33(35)40(34)50-30-10-5-3-6-11-30)27-15-17-28(18-16-27)41(55)47-23-8-4-7-12-31(53)25-48-36-14-9-13-32-39(36)45(59)52(43(32)57)37-21-22-38(54)51(2)44(37)58/h3,5-6,9-11,13-20,24,26,37,48H,4,7-8,12,21-23,25H2,1-2H3,(H,46,56)(H,47,55)(H,49,50). The van der Waals surface area contributed by atoms with Gasteiger partial charge in [0.15, 0.2) is 5.78 Å². The van der Waals surface area contributed by atoms with Crippen molar-refractivity contribution in [3.8, 4) is 11.1 Å². The molecule has 14 nitrogen and oxygen atoms in total. The number of amides is 6. The highest BCUT2D eigenvalue weighted by Crippen LogP contribution is 2.34. The first kappa shape index (κ1) is 40.0. The van der Waals surface area contributed by atoms with Crippen LogP contribution in [0.3, 0.4) is 0 Å². The minimum absolute atomic E-state index is 0.0486. The zero-order valence-electron chi connectivity index (χ0n) is 32.7. The molecule has 1 atom stereocenters. The highest BCUT2D eigenvalue weighted by Gasteiger charge is 2.47. The van der Waals surface area contributed by atoms with Crippen molar-refractivity contribution < 1.29 is 33.6 Å². The molecule has 7 rings (SSSR count). The van der Waals surface area contributed by atoms with Crippen molar-refractivity contribution in [3.63, 3.8) is 0 Å². The van der Waals surface area contributed by atoms with Gasteiger partial charge in [-0.2, -0.15) is 0 Å². The van der Waals surface area contributed by atoms with Crippen LogP contribution in [0.4, 0.5) is 17.1 Å². The zero-order chi connectivity index (χ0) is 41.6. The molecule has 0 bridgehead atoms. The molecule has 1 saturated heterocycles. The van der Waals surface area contributed by atoms with Crippen LogP contribution in [-0.2, 0) is 14.4 Å². The molecule has 2 aliphatic heterocycles. The summed E-state index contributed by atoms with van der Waals surface area (Å²) >= 11 is 0. The van der Waals surface area contributed by atoms with E-state index in [-0.39, 0.29) is 60.4 Å². The fraction of sp³-hybridized carbons (Fsp3) is 0.244. The largest absolute Gasteiger partial charge is 0.377 e. The van der Waals surface area contributed by atoms with Gasteiger partial charge < -0.3 is 21.3 Å². The lowest BCUT2D eigenvalue weighted by Crippen LogP contribution is -2.54. The van der Waals surface area contributed by atoms with E-state index >= 15 is 0 Å². The Morgan fingerprint density at radius 1 is 0.814 bits per heavy atom. The van der Waals surface area contributed by atoms with E-state index in [2.05, 4.69) is 26.3 Å². The van der Waals surface area contributed by atoms with Crippen LogP contribution in [0.2, 0.25) is 0 Å². The van der Waals surface area contributed by atoms with Gasteiger partial charge in [-0.25, -0.2) is 0 Å². The van der Waals surface area contributed by atoms with Gasteiger partial charge in [0, 0.05) is 62.0 Å². The molecule has 5 aromatic rings. The van der Waals surface area contributed by atoms with E-state index in [1.807, 2.05) is 60.7 Å². The molecular formula is C45H43N7O7. The van der Waals surface area contributed by atoms with Crippen molar-refractivity contribution in [2.24, 2.45) is 0 Å². The molecule has 0 aliphatic carbocycles. The van der Waals surface area contributed by atoms with Gasteiger partial charge in [-0.3, -0.25) is 48.3 Å². The summed E-state index contributed by atoms with van der Waals surface area (Å²) in [6, 6.07) is 26.4. The summed E-state index contributed by atoms with van der Waals surface area (Å²) in [7, 11) is 2.92. The van der Waals surface area contributed by atoms with Gasteiger partial charge in [-0.15, -0.1) is 0 Å². The van der Waals surface area contributed by atoms with Gasteiger partial charge in [0.25, 0.3) is 29.5 Å². The molecule has 59 heavy (non-hydrogen) atoms. The molecule has 1 aromatic heterocycles. The van der Waals surface area contributed by atoms with Crippen molar-refractivity contribution >= 4 is 69.2 Å². The highest BCUT2D eigenvalue weighted by molar-refractivity contribution is 6.25. The quantitative estimate of drug-likeness (QED) is 0.0755. The number of unbranched alkanes of at least 4 members (excludes halogenated alkanes) is 2. The predicted octanol–water partition coefficient (Wildman–Crippen LogP) is 5.72. The number of hydrogen-bond acceptors (Lipinski definition) is 10. The third kappa shape index (κ3) is 8.42. The number of aromatic nitrogens is 1. The van der Waals surface area contributed by atoms with Crippen LogP contribution in [0.25, 0.3) is 22.0 Å². The zero-order valence-corrected chi connectivity index (χ0v) is 32.7. The average molecular weight is 794 g/mol. The lowest BCUT2D eigenvalue weighted by Gasteiger charge is -2.32. The van der Waals surface area contributed by atoms with Gasteiger partial charge >= 0.3 is 0 Å². The van der Waals surface area contributed by atoms with Crippen LogP contribution in [0, 0.1) is 0 Å². The summed E-state index contributed by atoms with van der Waals surface area (Å²) < 4.78 is 0. The van der Waals surface area contributed by atoms with Crippen LogP contribution >= 0.6 is 0 Å². The van der Waals surface area contributed by atoms with Crippen LogP contribution in [0.15, 0.2) is 97.2 Å². The molecule has 0 radical (unpaired) electrons. The number of fused-ring (bicyclic) bond motifs is 2. The van der Waals surface area contributed by atoms with E-state index in [0.29, 0.717) is 48.3 Å². The third-order valence-electron chi connectivity index (χ3n) is 10.6. The second-order valence-electron chi connectivity index (χ2n) is 14.4. The molecular weight excluding hydrogens is 751 g/mol. The summed E-state index contributed by atoms with van der Waals surface area (Å²) in [5.74, 6) is -2.74. The molecule has 1 unspecified atom stereocenters. The van der Waals surface area contributed by atoms with Crippen LogP contribution in [-0.4, -0.2) is 89.2 Å². The van der Waals surface area contributed by atoms with E-state index in [1.54, 1.807) is 37.5 Å². The molecule has 4 N–H and O–H groups in total.